The fraction of sp³-hybridized carbons (Fsp3) is 0.519. The van der Waals surface area contributed by atoms with Gasteiger partial charge >= 0.3 is 0 Å². The van der Waals surface area contributed by atoms with Crippen LogP contribution in [0.3, 0.4) is 0 Å². The number of hydrogen-bond donors (Lipinski definition) is 2. The van der Waals surface area contributed by atoms with E-state index >= 15 is 0 Å². The molecule has 0 aliphatic carbocycles. The molecule has 2 fully saturated rings. The van der Waals surface area contributed by atoms with Gasteiger partial charge in [0.25, 0.3) is 0 Å². The molecular formula is C27H36N4O. The van der Waals surface area contributed by atoms with E-state index in [-0.39, 0.29) is 12.2 Å². The van der Waals surface area contributed by atoms with E-state index < -0.39 is 0 Å². The van der Waals surface area contributed by atoms with Crippen molar-refractivity contribution in [3.8, 4) is 0 Å². The van der Waals surface area contributed by atoms with Crippen molar-refractivity contribution in [1.29, 1.82) is 0 Å². The SMILES string of the molecule is CN1CCC(OC(c2cccc(CCC3CCNCC3)c2)c2nc3ccccc3[nH]2)CC1. The van der Waals surface area contributed by atoms with Gasteiger partial charge in [0.15, 0.2) is 0 Å². The molecule has 170 valence electrons. The van der Waals surface area contributed by atoms with E-state index in [9.17, 15) is 0 Å². The Morgan fingerprint density at radius 1 is 1.03 bits per heavy atom. The number of imidazole rings is 1. The predicted molar refractivity (Wildman–Crippen MR) is 130 cm³/mol. The number of nitrogens with one attached hydrogen (secondary N) is 2. The molecule has 5 nitrogen and oxygen atoms in total. The Hall–Kier alpha value is -2.21. The van der Waals surface area contributed by atoms with Crippen LogP contribution in [-0.4, -0.2) is 54.2 Å². The second-order valence-electron chi connectivity index (χ2n) is 9.64. The molecule has 0 radical (unpaired) electrons. The number of nitrogens with zero attached hydrogens (tertiary/aromatic N) is 2. The quantitative estimate of drug-likeness (QED) is 0.568. The molecule has 5 heteroatoms. The van der Waals surface area contributed by atoms with E-state index in [1.807, 2.05) is 6.07 Å². The van der Waals surface area contributed by atoms with Crippen LogP contribution in [0.15, 0.2) is 48.5 Å². The highest BCUT2D eigenvalue weighted by Crippen LogP contribution is 2.31. The van der Waals surface area contributed by atoms with Crippen LogP contribution >= 0.6 is 0 Å². The standard InChI is InChI=1S/C27H36N4O/c1-31-17-13-23(14-18-31)32-26(27-29-24-7-2-3-8-25(24)30-27)22-6-4-5-21(19-22)10-9-20-11-15-28-16-12-20/h2-8,19-20,23,26,28H,9-18H2,1H3,(H,29,30). The second kappa shape index (κ2) is 10.2. The molecule has 3 heterocycles. The summed E-state index contributed by atoms with van der Waals surface area (Å²) in [5, 5.41) is 3.48. The van der Waals surface area contributed by atoms with Gasteiger partial charge in [0.2, 0.25) is 0 Å². The van der Waals surface area contributed by atoms with Crippen LogP contribution in [-0.2, 0) is 11.2 Å². The molecule has 1 aromatic heterocycles. The van der Waals surface area contributed by atoms with Gasteiger partial charge in [0.1, 0.15) is 11.9 Å². The Bertz CT molecular complexity index is 969. The Labute approximate surface area is 191 Å². The van der Waals surface area contributed by atoms with Crippen molar-refractivity contribution in [2.24, 2.45) is 5.92 Å². The van der Waals surface area contributed by atoms with Crippen molar-refractivity contribution < 1.29 is 4.74 Å². The summed E-state index contributed by atoms with van der Waals surface area (Å²) in [7, 11) is 2.19. The monoisotopic (exact) mass is 432 g/mol. The highest BCUT2D eigenvalue weighted by atomic mass is 16.5. The van der Waals surface area contributed by atoms with Gasteiger partial charge in [-0.05, 0) is 87.8 Å². The average molecular weight is 433 g/mol. The third kappa shape index (κ3) is 5.22. The molecular weight excluding hydrogens is 396 g/mol. The number of aromatic nitrogens is 2. The van der Waals surface area contributed by atoms with Crippen molar-refractivity contribution in [1.82, 2.24) is 20.2 Å². The minimum Gasteiger partial charge on any atom is -0.362 e. The lowest BCUT2D eigenvalue weighted by Gasteiger charge is -2.31. The van der Waals surface area contributed by atoms with E-state index in [4.69, 9.17) is 9.72 Å². The number of aromatic amines is 1. The first-order valence-electron chi connectivity index (χ1n) is 12.3. The minimum absolute atomic E-state index is 0.158. The molecule has 5 rings (SSSR count). The van der Waals surface area contributed by atoms with E-state index in [2.05, 4.69) is 64.7 Å². The highest BCUT2D eigenvalue weighted by Gasteiger charge is 2.26. The molecule has 0 saturated carbocycles. The molecule has 1 atom stereocenters. The molecule has 2 aliphatic heterocycles. The first kappa shape index (κ1) is 21.6. The van der Waals surface area contributed by atoms with Gasteiger partial charge in [-0.25, -0.2) is 4.98 Å². The molecule has 2 saturated heterocycles. The van der Waals surface area contributed by atoms with Crippen LogP contribution in [0.25, 0.3) is 11.0 Å². The molecule has 0 amide bonds. The van der Waals surface area contributed by atoms with Crippen LogP contribution in [0.2, 0.25) is 0 Å². The van der Waals surface area contributed by atoms with Crippen molar-refractivity contribution in [3.63, 3.8) is 0 Å². The van der Waals surface area contributed by atoms with Crippen molar-refractivity contribution in [3.05, 3.63) is 65.5 Å². The topological polar surface area (TPSA) is 53.2 Å². The fourth-order valence-electron chi connectivity index (χ4n) is 5.16. The first-order valence-corrected chi connectivity index (χ1v) is 12.3. The molecule has 1 unspecified atom stereocenters. The number of aryl methyl sites for hydroxylation is 1. The predicted octanol–water partition coefficient (Wildman–Crippen LogP) is 4.70. The number of ether oxygens (including phenoxy) is 1. The van der Waals surface area contributed by atoms with Crippen LogP contribution in [0.4, 0.5) is 0 Å². The summed E-state index contributed by atoms with van der Waals surface area (Å²) in [5.74, 6) is 1.77. The number of fused-ring (bicyclic) bond motifs is 1. The number of H-pyrrole nitrogens is 1. The maximum absolute atomic E-state index is 6.76. The third-order valence-electron chi connectivity index (χ3n) is 7.20. The fourth-order valence-corrected chi connectivity index (χ4v) is 5.16. The van der Waals surface area contributed by atoms with Crippen molar-refractivity contribution in [2.45, 2.75) is 50.7 Å². The molecule has 2 N–H and O–H groups in total. The van der Waals surface area contributed by atoms with E-state index in [0.29, 0.717) is 0 Å². The van der Waals surface area contributed by atoms with Gasteiger partial charge in [-0.1, -0.05) is 36.4 Å². The molecule has 32 heavy (non-hydrogen) atoms. The van der Waals surface area contributed by atoms with E-state index in [1.165, 1.54) is 43.5 Å². The zero-order valence-electron chi connectivity index (χ0n) is 19.2. The van der Waals surface area contributed by atoms with Gasteiger partial charge in [-0.3, -0.25) is 0 Å². The lowest BCUT2D eigenvalue weighted by Crippen LogP contribution is -2.35. The number of rotatable bonds is 7. The van der Waals surface area contributed by atoms with Crippen LogP contribution in [0, 0.1) is 5.92 Å². The zero-order valence-corrected chi connectivity index (χ0v) is 19.2. The number of piperidine rings is 2. The summed E-state index contributed by atoms with van der Waals surface area (Å²) >= 11 is 0. The third-order valence-corrected chi connectivity index (χ3v) is 7.20. The molecule has 0 spiro atoms. The zero-order chi connectivity index (χ0) is 21.8. The second-order valence-corrected chi connectivity index (χ2v) is 9.64. The van der Waals surface area contributed by atoms with E-state index in [1.54, 1.807) is 0 Å². The molecule has 3 aromatic rings. The number of hydrogen-bond acceptors (Lipinski definition) is 4. The van der Waals surface area contributed by atoms with Gasteiger partial charge in [-0.2, -0.15) is 0 Å². The summed E-state index contributed by atoms with van der Waals surface area (Å²) in [5.41, 5.74) is 4.70. The van der Waals surface area contributed by atoms with Gasteiger partial charge in [0.05, 0.1) is 17.1 Å². The van der Waals surface area contributed by atoms with Crippen molar-refractivity contribution in [2.75, 3.05) is 33.2 Å². The molecule has 2 aliphatic rings. The summed E-state index contributed by atoms with van der Waals surface area (Å²) in [6.07, 6.45) is 7.28. The maximum atomic E-state index is 6.76. The van der Waals surface area contributed by atoms with Crippen LogP contribution < -0.4 is 5.32 Å². The Morgan fingerprint density at radius 2 is 1.84 bits per heavy atom. The first-order chi connectivity index (χ1) is 15.7. The normalized spacial score (nSPS) is 20.0. The smallest absolute Gasteiger partial charge is 0.141 e. The minimum atomic E-state index is -0.158. The van der Waals surface area contributed by atoms with Gasteiger partial charge in [0, 0.05) is 13.1 Å². The Morgan fingerprint density at radius 3 is 2.66 bits per heavy atom. The summed E-state index contributed by atoms with van der Waals surface area (Å²) in [6, 6.07) is 17.3. The van der Waals surface area contributed by atoms with Crippen LogP contribution in [0.5, 0.6) is 0 Å². The maximum Gasteiger partial charge on any atom is 0.141 e. The lowest BCUT2D eigenvalue weighted by atomic mass is 9.91. The van der Waals surface area contributed by atoms with E-state index in [0.717, 1.165) is 55.1 Å². The number of likely N-dealkylation sites (tertiary alicyclic amines) is 1. The van der Waals surface area contributed by atoms with Crippen LogP contribution in [0.1, 0.15) is 55.2 Å². The molecule has 0 bridgehead atoms. The Kier molecular flexibility index (Phi) is 6.86. The highest BCUT2D eigenvalue weighted by molar-refractivity contribution is 5.74. The lowest BCUT2D eigenvalue weighted by molar-refractivity contribution is -0.0264. The summed E-state index contributed by atoms with van der Waals surface area (Å²) < 4.78 is 6.76. The number of para-hydroxylation sites is 2. The van der Waals surface area contributed by atoms with Gasteiger partial charge < -0.3 is 19.9 Å². The average Bonchev–Trinajstić information content (AvgIpc) is 3.27. The number of benzene rings is 2. The molecule has 2 aromatic carbocycles. The summed E-state index contributed by atoms with van der Waals surface area (Å²) in [4.78, 5) is 10.8. The van der Waals surface area contributed by atoms with Crippen molar-refractivity contribution >= 4 is 11.0 Å². The Balaban J connectivity index is 1.37. The largest absolute Gasteiger partial charge is 0.362 e. The van der Waals surface area contributed by atoms with Gasteiger partial charge in [-0.15, -0.1) is 0 Å². The summed E-state index contributed by atoms with van der Waals surface area (Å²) in [6.45, 7) is 4.52.